The van der Waals surface area contributed by atoms with E-state index in [4.69, 9.17) is 11.6 Å². The summed E-state index contributed by atoms with van der Waals surface area (Å²) < 4.78 is 42.0. The van der Waals surface area contributed by atoms with Crippen molar-refractivity contribution in [1.29, 1.82) is 0 Å². The number of rotatable bonds is 4. The van der Waals surface area contributed by atoms with Gasteiger partial charge < -0.3 is 9.47 Å². The number of aromatic nitrogens is 2. The zero-order chi connectivity index (χ0) is 23.2. The molecule has 0 radical (unpaired) electrons. The van der Waals surface area contributed by atoms with Gasteiger partial charge in [0.05, 0.1) is 5.56 Å². The molecule has 1 aliphatic heterocycles. The van der Waals surface area contributed by atoms with Crippen LogP contribution in [0.3, 0.4) is 0 Å². The summed E-state index contributed by atoms with van der Waals surface area (Å²) >= 11 is 6.33. The van der Waals surface area contributed by atoms with Crippen molar-refractivity contribution in [1.82, 2.24) is 9.55 Å². The van der Waals surface area contributed by atoms with Crippen molar-refractivity contribution in [3.05, 3.63) is 93.9 Å². The van der Waals surface area contributed by atoms with Crippen LogP contribution in [0.25, 0.3) is 10.9 Å². The van der Waals surface area contributed by atoms with Gasteiger partial charge in [0.1, 0.15) is 0 Å². The molecular weight excluding hydrogens is 447 g/mol. The Morgan fingerprint density at radius 3 is 2.67 bits per heavy atom. The summed E-state index contributed by atoms with van der Waals surface area (Å²) in [6.45, 7) is 3.98. The maximum Gasteiger partial charge on any atom is 0.416 e. The lowest BCUT2D eigenvalue weighted by atomic mass is 10.0. The highest BCUT2D eigenvalue weighted by atomic mass is 35.5. The van der Waals surface area contributed by atoms with Gasteiger partial charge in [0.25, 0.3) is 0 Å². The highest BCUT2D eigenvalue weighted by Crippen LogP contribution is 2.36. The van der Waals surface area contributed by atoms with Crippen LogP contribution in [0.15, 0.2) is 60.8 Å². The minimum absolute atomic E-state index is 0.548. The van der Waals surface area contributed by atoms with Gasteiger partial charge in [-0.2, -0.15) is 13.2 Å². The van der Waals surface area contributed by atoms with Crippen LogP contribution in [-0.4, -0.2) is 16.1 Å². The fourth-order valence-electron chi connectivity index (χ4n) is 4.66. The van der Waals surface area contributed by atoms with Gasteiger partial charge >= 0.3 is 6.18 Å². The van der Waals surface area contributed by atoms with E-state index in [9.17, 15) is 13.2 Å². The summed E-state index contributed by atoms with van der Waals surface area (Å²) in [6.07, 6.45) is -0.835. The largest absolute Gasteiger partial charge is 0.416 e. The van der Waals surface area contributed by atoms with Gasteiger partial charge in [-0.05, 0) is 61.4 Å². The molecule has 0 saturated heterocycles. The Balaban J connectivity index is 1.49. The second-order valence-electron chi connectivity index (χ2n) is 8.52. The molecule has 0 bridgehead atoms. The Labute approximate surface area is 195 Å². The molecule has 0 fully saturated rings. The van der Waals surface area contributed by atoms with Crippen molar-refractivity contribution in [3.63, 3.8) is 0 Å². The van der Waals surface area contributed by atoms with Gasteiger partial charge in [0, 0.05) is 70.8 Å². The normalized spacial score (nSPS) is 14.0. The van der Waals surface area contributed by atoms with Crippen LogP contribution in [-0.2, 0) is 32.1 Å². The van der Waals surface area contributed by atoms with Crippen LogP contribution in [0.2, 0.25) is 5.02 Å². The Kier molecular flexibility index (Phi) is 5.57. The molecule has 0 spiro atoms. The first-order valence-electron chi connectivity index (χ1n) is 10.9. The Bertz CT molecular complexity index is 1310. The fourth-order valence-corrected chi connectivity index (χ4v) is 4.84. The highest BCUT2D eigenvalue weighted by Gasteiger charge is 2.31. The van der Waals surface area contributed by atoms with E-state index in [1.165, 1.54) is 23.4 Å². The van der Waals surface area contributed by atoms with E-state index < -0.39 is 11.7 Å². The molecule has 0 atom stereocenters. The summed E-state index contributed by atoms with van der Waals surface area (Å²) in [4.78, 5) is 6.41. The zero-order valence-electron chi connectivity index (χ0n) is 18.2. The maximum atomic E-state index is 13.2. The number of fused-ring (bicyclic) bond motifs is 3. The minimum Gasteiger partial charge on any atom is -0.367 e. The first-order chi connectivity index (χ1) is 15.8. The van der Waals surface area contributed by atoms with Gasteiger partial charge in [0.15, 0.2) is 0 Å². The molecule has 5 rings (SSSR count). The fraction of sp³-hybridized carbons (Fsp3) is 0.269. The number of halogens is 4. The van der Waals surface area contributed by atoms with Crippen LogP contribution in [0.5, 0.6) is 0 Å². The third-order valence-electron chi connectivity index (χ3n) is 6.35. The van der Waals surface area contributed by atoms with Crippen molar-refractivity contribution in [3.8, 4) is 0 Å². The van der Waals surface area contributed by atoms with Gasteiger partial charge in [-0.25, -0.2) is 0 Å². The Morgan fingerprint density at radius 1 is 1.06 bits per heavy atom. The predicted molar refractivity (Wildman–Crippen MR) is 126 cm³/mol. The molecule has 3 nitrogen and oxygen atoms in total. The molecule has 0 saturated carbocycles. The second-order valence-corrected chi connectivity index (χ2v) is 8.95. The number of benzene rings is 2. The van der Waals surface area contributed by atoms with Crippen LogP contribution >= 0.6 is 11.6 Å². The van der Waals surface area contributed by atoms with Crippen molar-refractivity contribution < 1.29 is 13.2 Å². The molecular formula is C26H23ClF3N3. The molecule has 0 aliphatic carbocycles. The van der Waals surface area contributed by atoms with Crippen molar-refractivity contribution in [2.75, 3.05) is 11.4 Å². The molecule has 170 valence electrons. The maximum absolute atomic E-state index is 13.2. The third-order valence-corrected chi connectivity index (χ3v) is 6.59. The SMILES string of the molecule is Cc1ccc(CCn2c3c(c4cc(Cl)ccc42)CN(c2cccc(C(F)(F)F)c2)CC3)cn1. The van der Waals surface area contributed by atoms with E-state index in [2.05, 4.69) is 15.6 Å². The second kappa shape index (κ2) is 8.41. The molecule has 0 amide bonds. The zero-order valence-corrected chi connectivity index (χ0v) is 18.9. The summed E-state index contributed by atoms with van der Waals surface area (Å²) in [6, 6.07) is 15.6. The van der Waals surface area contributed by atoms with Gasteiger partial charge in [0.2, 0.25) is 0 Å². The molecule has 0 unspecified atom stereocenters. The summed E-state index contributed by atoms with van der Waals surface area (Å²) in [5.41, 5.74) is 5.61. The van der Waals surface area contributed by atoms with E-state index in [0.717, 1.165) is 47.6 Å². The summed E-state index contributed by atoms with van der Waals surface area (Å²) in [5.74, 6) is 0. The number of anilines is 1. The average molecular weight is 470 g/mol. The number of hydrogen-bond donors (Lipinski definition) is 0. The molecule has 1 aliphatic rings. The van der Waals surface area contributed by atoms with E-state index in [-0.39, 0.29) is 0 Å². The molecule has 33 heavy (non-hydrogen) atoms. The lowest BCUT2D eigenvalue weighted by Crippen LogP contribution is -2.31. The lowest BCUT2D eigenvalue weighted by molar-refractivity contribution is -0.137. The average Bonchev–Trinajstić information content (AvgIpc) is 3.10. The van der Waals surface area contributed by atoms with Crippen LogP contribution in [0.1, 0.15) is 28.1 Å². The Hall–Kier alpha value is -2.99. The van der Waals surface area contributed by atoms with E-state index >= 15 is 0 Å². The van der Waals surface area contributed by atoms with Gasteiger partial charge in [-0.15, -0.1) is 0 Å². The third kappa shape index (κ3) is 4.32. The molecule has 2 aromatic heterocycles. The first-order valence-corrected chi connectivity index (χ1v) is 11.3. The lowest BCUT2D eigenvalue weighted by Gasteiger charge is -2.30. The van der Waals surface area contributed by atoms with Gasteiger partial charge in [-0.1, -0.05) is 23.7 Å². The molecule has 0 N–H and O–H groups in total. The highest BCUT2D eigenvalue weighted by molar-refractivity contribution is 6.31. The monoisotopic (exact) mass is 469 g/mol. The minimum atomic E-state index is -4.36. The van der Waals surface area contributed by atoms with Gasteiger partial charge in [-0.3, -0.25) is 4.98 Å². The molecule has 7 heteroatoms. The first kappa shape index (κ1) is 21.8. The molecule has 4 aromatic rings. The van der Waals surface area contributed by atoms with E-state index in [0.29, 0.717) is 23.8 Å². The number of hydrogen-bond acceptors (Lipinski definition) is 2. The summed E-state index contributed by atoms with van der Waals surface area (Å²) in [5, 5.41) is 1.72. The van der Waals surface area contributed by atoms with Crippen molar-refractivity contribution in [2.24, 2.45) is 0 Å². The predicted octanol–water partition coefficient (Wildman–Crippen LogP) is 6.82. The molecule has 2 aromatic carbocycles. The molecule has 3 heterocycles. The number of aryl methyl sites for hydroxylation is 3. The smallest absolute Gasteiger partial charge is 0.367 e. The number of alkyl halides is 3. The van der Waals surface area contributed by atoms with Crippen molar-refractivity contribution >= 4 is 28.2 Å². The number of pyridine rings is 1. The van der Waals surface area contributed by atoms with Crippen LogP contribution in [0.4, 0.5) is 18.9 Å². The Morgan fingerprint density at radius 2 is 1.91 bits per heavy atom. The van der Waals surface area contributed by atoms with E-state index in [1.807, 2.05) is 42.3 Å². The van der Waals surface area contributed by atoms with Crippen molar-refractivity contribution in [2.45, 2.75) is 39.0 Å². The van der Waals surface area contributed by atoms with Crippen LogP contribution in [0, 0.1) is 6.92 Å². The quantitative estimate of drug-likeness (QED) is 0.327. The summed E-state index contributed by atoms with van der Waals surface area (Å²) in [7, 11) is 0. The topological polar surface area (TPSA) is 21.1 Å². The number of nitrogens with zero attached hydrogens (tertiary/aromatic N) is 3. The standard InChI is InChI=1S/C26H23ClF3N3/c1-17-5-6-18(15-31-17)9-12-33-24-8-7-20(27)14-22(24)23-16-32(11-10-25(23)33)21-4-2-3-19(13-21)26(28,29)30/h2-8,13-15H,9-12,16H2,1H3. The van der Waals surface area contributed by atoms with E-state index in [1.54, 1.807) is 6.07 Å². The van der Waals surface area contributed by atoms with Crippen LogP contribution < -0.4 is 4.90 Å².